The molecule has 3 atom stereocenters. The van der Waals surface area contributed by atoms with Crippen LogP contribution in [0.15, 0.2) is 35.5 Å². The second-order valence-electron chi connectivity index (χ2n) is 10.0. The van der Waals surface area contributed by atoms with Gasteiger partial charge in [-0.05, 0) is 65.3 Å². The number of likely N-dealkylation sites (tertiary alicyclic amines) is 1. The molecule has 4 heterocycles. The molecule has 0 radical (unpaired) electrons. The van der Waals surface area contributed by atoms with Crippen molar-refractivity contribution in [1.82, 2.24) is 19.5 Å². The number of aliphatic imine (C=N–C) groups is 1. The molecule has 0 aliphatic carbocycles. The van der Waals surface area contributed by atoms with Gasteiger partial charge in [-0.25, -0.2) is 9.50 Å². The normalized spacial score (nSPS) is 21.5. The summed E-state index contributed by atoms with van der Waals surface area (Å²) in [6.07, 6.45) is 6.07. The molecule has 0 N–H and O–H groups in total. The van der Waals surface area contributed by atoms with E-state index in [-0.39, 0.29) is 18.0 Å². The molecule has 3 unspecified atom stereocenters. The number of fused-ring (bicyclic) bond motifs is 1. The molecule has 7 nitrogen and oxygen atoms in total. The molecule has 2 saturated heterocycles. The van der Waals surface area contributed by atoms with E-state index in [0.717, 1.165) is 67.1 Å². The van der Waals surface area contributed by atoms with Crippen molar-refractivity contribution in [3.63, 3.8) is 0 Å². The molecule has 2 fully saturated rings. The molecular formula is C27H33ClN6O. The Bertz CT molecular complexity index is 1270. The molecule has 2 aliphatic rings. The summed E-state index contributed by atoms with van der Waals surface area (Å²) in [4.78, 5) is 27.1. The molecule has 2 aromatic heterocycles. The van der Waals surface area contributed by atoms with Gasteiger partial charge in [0.25, 0.3) is 5.91 Å². The third kappa shape index (κ3) is 4.54. The highest BCUT2D eigenvalue weighted by molar-refractivity contribution is 6.33. The van der Waals surface area contributed by atoms with Crippen LogP contribution in [0.1, 0.15) is 65.8 Å². The van der Waals surface area contributed by atoms with Gasteiger partial charge in [-0.2, -0.15) is 5.10 Å². The smallest absolute Gasteiger partial charge is 0.255 e. The molecule has 1 aromatic carbocycles. The molecule has 0 bridgehead atoms. The van der Waals surface area contributed by atoms with Gasteiger partial charge in [-0.1, -0.05) is 23.2 Å². The maximum Gasteiger partial charge on any atom is 0.255 e. The zero-order valence-electron chi connectivity index (χ0n) is 20.7. The van der Waals surface area contributed by atoms with E-state index in [2.05, 4.69) is 36.7 Å². The Hall–Kier alpha value is -2.93. The van der Waals surface area contributed by atoms with Crippen molar-refractivity contribution in [3.8, 4) is 0 Å². The third-order valence-corrected chi connectivity index (χ3v) is 7.91. The molecule has 35 heavy (non-hydrogen) atoms. The molecule has 3 aromatic rings. The van der Waals surface area contributed by atoms with Crippen LogP contribution in [-0.2, 0) is 0 Å². The molecule has 0 spiro atoms. The number of nitrogens with zero attached hydrogens (tertiary/aromatic N) is 6. The fraction of sp³-hybridized carbons (Fsp3) is 0.481. The number of carbonyl (C=O) groups excluding carboxylic acids is 1. The molecule has 0 saturated carbocycles. The molecule has 5 rings (SSSR count). The average molecular weight is 493 g/mol. The second-order valence-corrected chi connectivity index (χ2v) is 10.4. The molecule has 2 aliphatic heterocycles. The minimum absolute atomic E-state index is 0.0293. The number of amides is 1. The number of piperidine rings is 1. The standard InChI is InChI=1S/C27H33ClN6O/c1-17-8-9-22(28)21(13-17)27(35)33-11-6-5-7-24(33)23-14-25-30-26(18(2)15-34(25)31-23)32-12-10-20(16-32)19(3)29-4/h8-9,13-15,19-20,24H,4-7,10-12,16H2,1-3H3. The molecular weight excluding hydrogens is 460 g/mol. The van der Waals surface area contributed by atoms with Gasteiger partial charge >= 0.3 is 0 Å². The molecule has 184 valence electrons. The van der Waals surface area contributed by atoms with Crippen molar-refractivity contribution in [2.24, 2.45) is 10.9 Å². The number of hydrogen-bond acceptors (Lipinski definition) is 5. The van der Waals surface area contributed by atoms with E-state index >= 15 is 0 Å². The summed E-state index contributed by atoms with van der Waals surface area (Å²) in [6.45, 7) is 12.5. The van der Waals surface area contributed by atoms with Crippen LogP contribution in [-0.4, -0.2) is 57.8 Å². The first-order valence-corrected chi connectivity index (χ1v) is 12.9. The Labute approximate surface area is 211 Å². The van der Waals surface area contributed by atoms with Crippen molar-refractivity contribution in [1.29, 1.82) is 0 Å². The summed E-state index contributed by atoms with van der Waals surface area (Å²) in [5, 5.41) is 5.37. The van der Waals surface area contributed by atoms with Crippen LogP contribution in [0.3, 0.4) is 0 Å². The van der Waals surface area contributed by atoms with Gasteiger partial charge in [-0.3, -0.25) is 9.79 Å². The third-order valence-electron chi connectivity index (χ3n) is 7.58. The summed E-state index contributed by atoms with van der Waals surface area (Å²) >= 11 is 6.41. The van der Waals surface area contributed by atoms with Crippen molar-refractivity contribution < 1.29 is 4.79 Å². The fourth-order valence-electron chi connectivity index (χ4n) is 5.46. The predicted molar refractivity (Wildman–Crippen MR) is 141 cm³/mol. The van der Waals surface area contributed by atoms with Crippen LogP contribution in [0, 0.1) is 19.8 Å². The first-order chi connectivity index (χ1) is 16.9. The number of halogens is 1. The largest absolute Gasteiger partial charge is 0.356 e. The SMILES string of the molecule is C=NC(C)C1CCN(c2nc3cc(C4CCCCN4C(=O)c4cc(C)ccc4Cl)nn3cc2C)C1. The Morgan fingerprint density at radius 3 is 2.83 bits per heavy atom. The Balaban J connectivity index is 1.44. The lowest BCUT2D eigenvalue weighted by Crippen LogP contribution is -2.38. The predicted octanol–water partition coefficient (Wildman–Crippen LogP) is 5.28. The number of carbonyl (C=O) groups is 1. The van der Waals surface area contributed by atoms with Gasteiger partial charge < -0.3 is 9.80 Å². The Kier molecular flexibility index (Phi) is 6.53. The number of aromatic nitrogens is 3. The van der Waals surface area contributed by atoms with Gasteiger partial charge in [-0.15, -0.1) is 0 Å². The van der Waals surface area contributed by atoms with Crippen LogP contribution in [0.4, 0.5) is 5.82 Å². The number of aryl methyl sites for hydroxylation is 2. The van der Waals surface area contributed by atoms with E-state index in [4.69, 9.17) is 21.7 Å². The Morgan fingerprint density at radius 2 is 2.03 bits per heavy atom. The summed E-state index contributed by atoms with van der Waals surface area (Å²) in [7, 11) is 0. The van der Waals surface area contributed by atoms with E-state index in [1.807, 2.05) is 34.5 Å². The summed E-state index contributed by atoms with van der Waals surface area (Å²) in [5.41, 5.74) is 4.37. The van der Waals surface area contributed by atoms with Gasteiger partial charge in [0, 0.05) is 43.4 Å². The van der Waals surface area contributed by atoms with Gasteiger partial charge in [0.15, 0.2) is 5.65 Å². The van der Waals surface area contributed by atoms with Crippen LogP contribution < -0.4 is 4.90 Å². The summed E-state index contributed by atoms with van der Waals surface area (Å²) < 4.78 is 1.85. The van der Waals surface area contributed by atoms with Crippen molar-refractivity contribution in [2.45, 2.75) is 58.5 Å². The topological polar surface area (TPSA) is 66.1 Å². The lowest BCUT2D eigenvalue weighted by Gasteiger charge is -2.35. The fourth-order valence-corrected chi connectivity index (χ4v) is 5.66. The monoisotopic (exact) mass is 492 g/mol. The van der Waals surface area contributed by atoms with Gasteiger partial charge in [0.1, 0.15) is 5.82 Å². The van der Waals surface area contributed by atoms with E-state index in [9.17, 15) is 4.79 Å². The first kappa shape index (κ1) is 23.8. The van der Waals surface area contributed by atoms with E-state index in [1.165, 1.54) is 0 Å². The Morgan fingerprint density at radius 1 is 1.20 bits per heavy atom. The maximum absolute atomic E-state index is 13.5. The zero-order valence-corrected chi connectivity index (χ0v) is 21.5. The van der Waals surface area contributed by atoms with E-state index in [1.54, 1.807) is 6.07 Å². The summed E-state index contributed by atoms with van der Waals surface area (Å²) in [6, 6.07) is 7.81. The zero-order chi connectivity index (χ0) is 24.7. The minimum atomic E-state index is -0.0889. The van der Waals surface area contributed by atoms with Crippen LogP contribution in [0.2, 0.25) is 5.02 Å². The van der Waals surface area contributed by atoms with Crippen LogP contribution in [0.25, 0.3) is 5.65 Å². The lowest BCUT2D eigenvalue weighted by molar-refractivity contribution is 0.0606. The maximum atomic E-state index is 13.5. The lowest BCUT2D eigenvalue weighted by atomic mass is 9.98. The van der Waals surface area contributed by atoms with Gasteiger partial charge in [0.2, 0.25) is 0 Å². The minimum Gasteiger partial charge on any atom is -0.356 e. The van der Waals surface area contributed by atoms with Crippen molar-refractivity contribution in [3.05, 3.63) is 57.9 Å². The van der Waals surface area contributed by atoms with E-state index in [0.29, 0.717) is 23.0 Å². The van der Waals surface area contributed by atoms with Crippen molar-refractivity contribution >= 4 is 35.7 Å². The second kappa shape index (κ2) is 9.61. The number of anilines is 1. The highest BCUT2D eigenvalue weighted by Gasteiger charge is 2.32. The van der Waals surface area contributed by atoms with Crippen LogP contribution >= 0.6 is 11.6 Å². The number of hydrogen-bond donors (Lipinski definition) is 0. The summed E-state index contributed by atoms with van der Waals surface area (Å²) in [5.74, 6) is 1.48. The highest BCUT2D eigenvalue weighted by atomic mass is 35.5. The molecule has 8 heteroatoms. The van der Waals surface area contributed by atoms with Crippen molar-refractivity contribution in [2.75, 3.05) is 24.5 Å². The number of benzene rings is 1. The highest BCUT2D eigenvalue weighted by Crippen LogP contribution is 2.34. The first-order valence-electron chi connectivity index (χ1n) is 12.5. The van der Waals surface area contributed by atoms with Crippen LogP contribution in [0.5, 0.6) is 0 Å². The van der Waals surface area contributed by atoms with Gasteiger partial charge in [0.05, 0.1) is 28.4 Å². The molecule has 1 amide bonds. The average Bonchev–Trinajstić information content (AvgIpc) is 3.51. The van der Waals surface area contributed by atoms with E-state index < -0.39 is 0 Å². The number of rotatable bonds is 5. The quantitative estimate of drug-likeness (QED) is 0.454.